The number of nitrogens with zero attached hydrogens (tertiary/aromatic N) is 2. The Hall–Kier alpha value is -1.22. The lowest BCUT2D eigenvalue weighted by Gasteiger charge is -2.39. The maximum atomic E-state index is 12.4. The molecule has 0 atom stereocenters. The number of carbonyl (C=O) groups excluding carboxylic acids is 1. The van der Waals surface area contributed by atoms with Gasteiger partial charge in [0.05, 0.1) is 6.61 Å². The summed E-state index contributed by atoms with van der Waals surface area (Å²) in [7, 11) is 0. The first kappa shape index (κ1) is 26.0. The minimum atomic E-state index is -4.66. The van der Waals surface area contributed by atoms with Crippen LogP contribution >= 0.6 is 23.2 Å². The molecule has 176 valence electrons. The average Bonchev–Trinajstić information content (AvgIpc) is 2.65. The highest BCUT2D eigenvalue weighted by molar-refractivity contribution is 6.44. The predicted molar refractivity (Wildman–Crippen MR) is 114 cm³/mol. The SMILES string of the molecule is CC(C)(C)OC(=O)N1CCC(N(CCOC(F)(F)F)Cc2ccc(C(Cl)Cl)cc2)CC1. The first-order chi connectivity index (χ1) is 14.3. The Morgan fingerprint density at radius 2 is 1.74 bits per heavy atom. The Morgan fingerprint density at radius 1 is 1.16 bits per heavy atom. The van der Waals surface area contributed by atoms with E-state index in [1.807, 2.05) is 37.8 Å². The molecule has 2 rings (SSSR count). The number of rotatable bonds is 7. The van der Waals surface area contributed by atoms with Crippen molar-refractivity contribution in [1.29, 1.82) is 0 Å². The summed E-state index contributed by atoms with van der Waals surface area (Å²) in [6.45, 7) is 6.50. The molecule has 0 aliphatic carbocycles. The second kappa shape index (κ2) is 11.1. The zero-order valence-electron chi connectivity index (χ0n) is 17.9. The third-order valence-electron chi connectivity index (χ3n) is 4.89. The number of hydrogen-bond donors (Lipinski definition) is 0. The highest BCUT2D eigenvalue weighted by atomic mass is 35.5. The lowest BCUT2D eigenvalue weighted by Crippen LogP contribution is -2.48. The second-order valence-electron chi connectivity index (χ2n) is 8.51. The minimum absolute atomic E-state index is 0.0176. The Bertz CT molecular complexity index is 701. The maximum Gasteiger partial charge on any atom is 0.522 e. The van der Waals surface area contributed by atoms with Gasteiger partial charge in [0.15, 0.2) is 0 Å². The van der Waals surface area contributed by atoms with Crippen LogP contribution < -0.4 is 0 Å². The zero-order valence-corrected chi connectivity index (χ0v) is 19.4. The van der Waals surface area contributed by atoms with E-state index in [9.17, 15) is 18.0 Å². The number of carbonyl (C=O) groups is 1. The number of piperidine rings is 1. The van der Waals surface area contributed by atoms with Crippen LogP contribution in [0.1, 0.15) is 49.6 Å². The van der Waals surface area contributed by atoms with Crippen LogP contribution in [0.25, 0.3) is 0 Å². The summed E-state index contributed by atoms with van der Waals surface area (Å²) in [5.41, 5.74) is 1.11. The molecule has 0 unspecified atom stereocenters. The van der Waals surface area contributed by atoms with Crippen molar-refractivity contribution in [2.45, 2.75) is 63.0 Å². The zero-order chi connectivity index (χ0) is 23.2. The molecule has 31 heavy (non-hydrogen) atoms. The molecule has 0 spiro atoms. The standard InChI is InChI=1S/C21H29Cl2F3N2O3/c1-20(2,3)31-19(29)27-10-8-17(9-11-27)28(12-13-30-21(24,25)26)14-15-4-6-16(7-5-15)18(22)23/h4-7,17-18H,8-14H2,1-3H3. The molecule has 0 saturated carbocycles. The number of benzene rings is 1. The number of alkyl halides is 5. The number of halogens is 5. The lowest BCUT2D eigenvalue weighted by atomic mass is 10.0. The summed E-state index contributed by atoms with van der Waals surface area (Å²) in [4.78, 5) is 15.2. The Kier molecular flexibility index (Phi) is 9.30. The van der Waals surface area contributed by atoms with Crippen LogP contribution in [0, 0.1) is 0 Å². The molecule has 10 heteroatoms. The molecule has 1 heterocycles. The van der Waals surface area contributed by atoms with Gasteiger partial charge in [0.2, 0.25) is 0 Å². The number of likely N-dealkylation sites (tertiary alicyclic amines) is 1. The molecular weight excluding hydrogens is 456 g/mol. The van der Waals surface area contributed by atoms with E-state index in [1.165, 1.54) is 0 Å². The van der Waals surface area contributed by atoms with E-state index in [0.717, 1.165) is 11.1 Å². The smallest absolute Gasteiger partial charge is 0.444 e. The number of amides is 1. The van der Waals surface area contributed by atoms with Crippen molar-refractivity contribution in [3.63, 3.8) is 0 Å². The van der Waals surface area contributed by atoms with Crippen molar-refractivity contribution in [2.24, 2.45) is 0 Å². The summed E-state index contributed by atoms with van der Waals surface area (Å²) in [5, 5.41) is 0. The fourth-order valence-corrected chi connectivity index (χ4v) is 3.70. The van der Waals surface area contributed by atoms with Crippen molar-refractivity contribution in [3.8, 4) is 0 Å². The van der Waals surface area contributed by atoms with Gasteiger partial charge in [-0.1, -0.05) is 24.3 Å². The van der Waals surface area contributed by atoms with Gasteiger partial charge in [-0.25, -0.2) is 4.79 Å². The van der Waals surface area contributed by atoms with E-state index in [4.69, 9.17) is 27.9 Å². The normalized spacial score (nSPS) is 16.3. The molecule has 1 aliphatic rings. The molecule has 1 aliphatic heterocycles. The maximum absolute atomic E-state index is 12.4. The third kappa shape index (κ3) is 9.43. The van der Waals surface area contributed by atoms with E-state index >= 15 is 0 Å². The van der Waals surface area contributed by atoms with E-state index in [0.29, 0.717) is 32.5 Å². The van der Waals surface area contributed by atoms with E-state index in [2.05, 4.69) is 4.74 Å². The molecule has 0 bridgehead atoms. The van der Waals surface area contributed by atoms with Gasteiger partial charge in [-0.15, -0.1) is 36.4 Å². The van der Waals surface area contributed by atoms with Crippen molar-refractivity contribution in [2.75, 3.05) is 26.2 Å². The number of ether oxygens (including phenoxy) is 2. The van der Waals surface area contributed by atoms with Crippen LogP contribution in [-0.2, 0) is 16.0 Å². The molecule has 0 aromatic heterocycles. The lowest BCUT2D eigenvalue weighted by molar-refractivity contribution is -0.325. The third-order valence-corrected chi connectivity index (χ3v) is 5.40. The largest absolute Gasteiger partial charge is 0.522 e. The van der Waals surface area contributed by atoms with Crippen molar-refractivity contribution >= 4 is 29.3 Å². The summed E-state index contributed by atoms with van der Waals surface area (Å²) in [6.07, 6.45) is -3.77. The Balaban J connectivity index is 2.00. The van der Waals surface area contributed by atoms with Gasteiger partial charge in [0.1, 0.15) is 10.4 Å². The molecule has 5 nitrogen and oxygen atoms in total. The summed E-state index contributed by atoms with van der Waals surface area (Å²) in [6, 6.07) is 7.34. The van der Waals surface area contributed by atoms with Gasteiger partial charge >= 0.3 is 12.5 Å². The molecule has 1 aromatic carbocycles. The van der Waals surface area contributed by atoms with E-state index in [-0.39, 0.29) is 18.7 Å². The summed E-state index contributed by atoms with van der Waals surface area (Å²) in [5.74, 6) is 0. The van der Waals surface area contributed by atoms with Gasteiger partial charge in [-0.2, -0.15) is 0 Å². The Labute approximate surface area is 191 Å². The van der Waals surface area contributed by atoms with Gasteiger partial charge < -0.3 is 9.64 Å². The van der Waals surface area contributed by atoms with Crippen LogP contribution in [-0.4, -0.2) is 60.1 Å². The number of hydrogen-bond acceptors (Lipinski definition) is 4. The topological polar surface area (TPSA) is 42.0 Å². The van der Waals surface area contributed by atoms with Gasteiger partial charge in [0, 0.05) is 32.2 Å². The van der Waals surface area contributed by atoms with Crippen molar-refractivity contribution in [3.05, 3.63) is 35.4 Å². The predicted octanol–water partition coefficient (Wildman–Crippen LogP) is 5.90. The first-order valence-electron chi connectivity index (χ1n) is 10.1. The van der Waals surface area contributed by atoms with Crippen molar-refractivity contribution in [1.82, 2.24) is 9.80 Å². The van der Waals surface area contributed by atoms with E-state index < -0.39 is 23.4 Å². The van der Waals surface area contributed by atoms with Crippen molar-refractivity contribution < 1.29 is 27.4 Å². The fourth-order valence-electron chi connectivity index (χ4n) is 3.41. The molecule has 0 radical (unpaired) electrons. The summed E-state index contributed by atoms with van der Waals surface area (Å²) >= 11 is 11.7. The summed E-state index contributed by atoms with van der Waals surface area (Å²) < 4.78 is 46.7. The molecule has 1 aromatic rings. The molecule has 1 fully saturated rings. The quantitative estimate of drug-likeness (QED) is 0.451. The van der Waals surface area contributed by atoms with Crippen LogP contribution in [0.2, 0.25) is 0 Å². The van der Waals surface area contributed by atoms with Crippen LogP contribution in [0.3, 0.4) is 0 Å². The monoisotopic (exact) mass is 484 g/mol. The molecular formula is C21H29Cl2F3N2O3. The van der Waals surface area contributed by atoms with Gasteiger partial charge in [-0.05, 0) is 44.7 Å². The first-order valence-corrected chi connectivity index (χ1v) is 11.0. The highest BCUT2D eigenvalue weighted by Crippen LogP contribution is 2.26. The molecule has 0 N–H and O–H groups in total. The van der Waals surface area contributed by atoms with E-state index in [1.54, 1.807) is 17.0 Å². The van der Waals surface area contributed by atoms with Crippen LogP contribution in [0.15, 0.2) is 24.3 Å². The average molecular weight is 485 g/mol. The van der Waals surface area contributed by atoms with Crippen LogP contribution in [0.5, 0.6) is 0 Å². The molecule has 1 amide bonds. The highest BCUT2D eigenvalue weighted by Gasteiger charge is 2.32. The van der Waals surface area contributed by atoms with Gasteiger partial charge in [-0.3, -0.25) is 9.64 Å². The Morgan fingerprint density at radius 3 is 2.23 bits per heavy atom. The fraction of sp³-hybridized carbons (Fsp3) is 0.667. The van der Waals surface area contributed by atoms with Gasteiger partial charge in [0.25, 0.3) is 0 Å². The second-order valence-corrected chi connectivity index (χ2v) is 9.60. The van der Waals surface area contributed by atoms with Crippen LogP contribution in [0.4, 0.5) is 18.0 Å². The molecule has 1 saturated heterocycles. The minimum Gasteiger partial charge on any atom is -0.444 e.